The molecule has 1 aromatic heterocycles. The summed E-state index contributed by atoms with van der Waals surface area (Å²) in [5, 5.41) is 14.2. The molecule has 0 amide bonds. The fourth-order valence-electron chi connectivity index (χ4n) is 2.71. The van der Waals surface area contributed by atoms with Gasteiger partial charge in [-0.2, -0.15) is 0 Å². The van der Waals surface area contributed by atoms with Gasteiger partial charge in [-0.05, 0) is 19.1 Å². The predicted octanol–water partition coefficient (Wildman–Crippen LogP) is 3.36. The number of nitro benzene ring substituents is 1. The van der Waals surface area contributed by atoms with Crippen molar-refractivity contribution in [1.82, 2.24) is 15.3 Å². The van der Waals surface area contributed by atoms with E-state index in [1.165, 1.54) is 12.1 Å². The van der Waals surface area contributed by atoms with E-state index < -0.39 is 4.92 Å². The van der Waals surface area contributed by atoms with Gasteiger partial charge < -0.3 is 11.1 Å². The van der Waals surface area contributed by atoms with Crippen molar-refractivity contribution in [2.75, 3.05) is 0 Å². The summed E-state index contributed by atoms with van der Waals surface area (Å²) in [7, 11) is 0. The zero-order valence-corrected chi connectivity index (χ0v) is 15.4. The number of aromatic nitrogens is 2. The summed E-state index contributed by atoms with van der Waals surface area (Å²) in [5.41, 5.74) is 9.18. The molecule has 0 fully saturated rings. The van der Waals surface area contributed by atoms with Gasteiger partial charge in [0, 0.05) is 41.1 Å². The van der Waals surface area contributed by atoms with Crippen molar-refractivity contribution >= 4 is 23.0 Å². The van der Waals surface area contributed by atoms with Crippen molar-refractivity contribution in [2.45, 2.75) is 13.5 Å². The summed E-state index contributed by atoms with van der Waals surface area (Å²) in [6, 6.07) is 15.9. The third-order valence-corrected chi connectivity index (χ3v) is 4.16. The molecule has 0 spiro atoms. The molecule has 0 radical (unpaired) electrons. The van der Waals surface area contributed by atoms with Gasteiger partial charge in [-0.15, -0.1) is 0 Å². The molecule has 0 aliphatic carbocycles. The number of rotatable bonds is 5. The summed E-state index contributed by atoms with van der Waals surface area (Å²) in [5.74, 6) is 0.550. The Morgan fingerprint density at radius 2 is 1.85 bits per heavy atom. The Morgan fingerprint density at radius 3 is 2.52 bits per heavy atom. The molecule has 3 rings (SSSR count). The van der Waals surface area contributed by atoms with Gasteiger partial charge in [-0.25, -0.2) is 9.97 Å². The number of aryl methyl sites for hydroxylation is 1. The van der Waals surface area contributed by atoms with E-state index in [1.807, 2.05) is 37.3 Å². The standard InChI is InChI=1S/C19H17N5O2S/c1-12-16(11-21-19(20)27)17(14-8-5-9-15(10-14)24(25)26)23-18(22-12)13-6-3-2-4-7-13/h2-10H,11H2,1H3,(H3,20,21,27). The first-order chi connectivity index (χ1) is 13.0. The van der Waals surface area contributed by atoms with Gasteiger partial charge in [-0.1, -0.05) is 42.5 Å². The van der Waals surface area contributed by atoms with Crippen LogP contribution in [0.1, 0.15) is 11.3 Å². The average molecular weight is 379 g/mol. The molecule has 0 aliphatic rings. The lowest BCUT2D eigenvalue weighted by Crippen LogP contribution is -2.29. The first kappa shape index (κ1) is 18.4. The highest BCUT2D eigenvalue weighted by atomic mass is 32.1. The second-order valence-electron chi connectivity index (χ2n) is 5.85. The Hall–Kier alpha value is -3.39. The third-order valence-electron chi connectivity index (χ3n) is 4.02. The summed E-state index contributed by atoms with van der Waals surface area (Å²) in [6.45, 7) is 2.19. The minimum atomic E-state index is -0.428. The highest BCUT2D eigenvalue weighted by Gasteiger charge is 2.17. The molecule has 7 nitrogen and oxygen atoms in total. The van der Waals surface area contributed by atoms with E-state index in [4.69, 9.17) is 22.9 Å². The molecule has 2 aromatic carbocycles. The molecule has 3 N–H and O–H groups in total. The Labute approximate surface area is 161 Å². The predicted molar refractivity (Wildman–Crippen MR) is 108 cm³/mol. The summed E-state index contributed by atoms with van der Waals surface area (Å²) in [6.07, 6.45) is 0. The van der Waals surface area contributed by atoms with E-state index in [9.17, 15) is 10.1 Å². The van der Waals surface area contributed by atoms with E-state index in [0.717, 1.165) is 16.8 Å². The van der Waals surface area contributed by atoms with Crippen LogP contribution in [0.15, 0.2) is 54.6 Å². The molecule has 0 unspecified atom stereocenters. The maximum atomic E-state index is 11.2. The van der Waals surface area contributed by atoms with Crippen LogP contribution < -0.4 is 11.1 Å². The lowest BCUT2D eigenvalue weighted by molar-refractivity contribution is -0.384. The molecular weight excluding hydrogens is 362 g/mol. The molecule has 0 bridgehead atoms. The van der Waals surface area contributed by atoms with Gasteiger partial charge >= 0.3 is 0 Å². The van der Waals surface area contributed by atoms with Crippen LogP contribution in [0.5, 0.6) is 0 Å². The molecule has 1 heterocycles. The Balaban J connectivity index is 2.18. The number of hydrogen-bond acceptors (Lipinski definition) is 5. The van der Waals surface area contributed by atoms with E-state index in [2.05, 4.69) is 10.3 Å². The van der Waals surface area contributed by atoms with Crippen LogP contribution in [0, 0.1) is 17.0 Å². The molecule has 0 aliphatic heterocycles. The monoisotopic (exact) mass is 379 g/mol. The lowest BCUT2D eigenvalue weighted by atomic mass is 10.0. The molecular formula is C19H17N5O2S. The molecule has 3 aromatic rings. The normalized spacial score (nSPS) is 10.4. The van der Waals surface area contributed by atoms with Crippen LogP contribution in [-0.4, -0.2) is 20.0 Å². The largest absolute Gasteiger partial charge is 0.376 e. The van der Waals surface area contributed by atoms with Crippen molar-refractivity contribution in [3.8, 4) is 22.6 Å². The molecule has 0 saturated carbocycles. The number of nitrogens with one attached hydrogen (secondary N) is 1. The quantitative estimate of drug-likeness (QED) is 0.398. The highest BCUT2D eigenvalue weighted by Crippen LogP contribution is 2.29. The maximum absolute atomic E-state index is 11.2. The Kier molecular flexibility index (Phi) is 5.37. The third kappa shape index (κ3) is 4.24. The summed E-state index contributed by atoms with van der Waals surface area (Å²) >= 11 is 4.89. The van der Waals surface area contributed by atoms with Crippen LogP contribution in [0.3, 0.4) is 0 Å². The molecule has 136 valence electrons. The lowest BCUT2D eigenvalue weighted by Gasteiger charge is -2.14. The van der Waals surface area contributed by atoms with Crippen molar-refractivity contribution in [1.29, 1.82) is 0 Å². The van der Waals surface area contributed by atoms with E-state index in [1.54, 1.807) is 12.1 Å². The number of nitrogens with zero attached hydrogens (tertiary/aromatic N) is 3. The SMILES string of the molecule is Cc1nc(-c2ccccc2)nc(-c2cccc([N+](=O)[O-])c2)c1CNC(N)=S. The van der Waals surface area contributed by atoms with Gasteiger partial charge in [0.05, 0.1) is 10.6 Å². The minimum Gasteiger partial charge on any atom is -0.376 e. The van der Waals surface area contributed by atoms with Gasteiger partial charge in [0.1, 0.15) is 0 Å². The molecule has 27 heavy (non-hydrogen) atoms. The zero-order chi connectivity index (χ0) is 19.4. The number of non-ortho nitro benzene ring substituents is 1. The smallest absolute Gasteiger partial charge is 0.270 e. The molecule has 8 heteroatoms. The van der Waals surface area contributed by atoms with E-state index in [0.29, 0.717) is 23.6 Å². The fourth-order valence-corrected chi connectivity index (χ4v) is 2.78. The Morgan fingerprint density at radius 1 is 1.15 bits per heavy atom. The van der Waals surface area contributed by atoms with E-state index >= 15 is 0 Å². The van der Waals surface area contributed by atoms with Crippen LogP contribution in [0.25, 0.3) is 22.6 Å². The molecule has 0 atom stereocenters. The van der Waals surface area contributed by atoms with E-state index in [-0.39, 0.29) is 10.8 Å². The number of thiocarbonyl (C=S) groups is 1. The second-order valence-corrected chi connectivity index (χ2v) is 6.29. The van der Waals surface area contributed by atoms with Crippen LogP contribution >= 0.6 is 12.2 Å². The van der Waals surface area contributed by atoms with Crippen LogP contribution in [0.4, 0.5) is 5.69 Å². The second kappa shape index (κ2) is 7.88. The van der Waals surface area contributed by atoms with Gasteiger partial charge in [0.15, 0.2) is 10.9 Å². The van der Waals surface area contributed by atoms with Crippen molar-refractivity contribution in [2.24, 2.45) is 5.73 Å². The summed E-state index contributed by atoms with van der Waals surface area (Å²) < 4.78 is 0. The number of nitrogens with two attached hydrogens (primary N) is 1. The number of hydrogen-bond donors (Lipinski definition) is 2. The molecule has 0 saturated heterocycles. The van der Waals surface area contributed by atoms with Crippen LogP contribution in [0.2, 0.25) is 0 Å². The van der Waals surface area contributed by atoms with Gasteiger partial charge in [-0.3, -0.25) is 10.1 Å². The van der Waals surface area contributed by atoms with Crippen molar-refractivity contribution in [3.63, 3.8) is 0 Å². The highest BCUT2D eigenvalue weighted by molar-refractivity contribution is 7.80. The van der Waals surface area contributed by atoms with Gasteiger partial charge in [0.25, 0.3) is 5.69 Å². The summed E-state index contributed by atoms with van der Waals surface area (Å²) in [4.78, 5) is 20.0. The first-order valence-corrected chi connectivity index (χ1v) is 8.57. The average Bonchev–Trinajstić information content (AvgIpc) is 2.67. The number of benzene rings is 2. The van der Waals surface area contributed by atoms with Gasteiger partial charge in [0.2, 0.25) is 0 Å². The van der Waals surface area contributed by atoms with Crippen molar-refractivity contribution < 1.29 is 4.92 Å². The maximum Gasteiger partial charge on any atom is 0.270 e. The Bertz CT molecular complexity index is 1010. The number of nitro groups is 1. The first-order valence-electron chi connectivity index (χ1n) is 8.17. The topological polar surface area (TPSA) is 107 Å². The van der Waals surface area contributed by atoms with Crippen LogP contribution in [-0.2, 0) is 6.54 Å². The zero-order valence-electron chi connectivity index (χ0n) is 14.5. The minimum absolute atomic E-state index is 0.00159. The van der Waals surface area contributed by atoms with Crippen molar-refractivity contribution in [3.05, 3.63) is 76.0 Å². The fraction of sp³-hybridized carbons (Fsp3) is 0.105.